The molecule has 4 rings (SSSR count). The van der Waals surface area contributed by atoms with E-state index in [1.807, 2.05) is 24.3 Å². The van der Waals surface area contributed by atoms with Gasteiger partial charge in [-0.3, -0.25) is 0 Å². The number of rotatable bonds is 3. The van der Waals surface area contributed by atoms with Gasteiger partial charge in [-0.25, -0.2) is 4.39 Å². The van der Waals surface area contributed by atoms with Crippen molar-refractivity contribution in [3.63, 3.8) is 0 Å². The van der Waals surface area contributed by atoms with Crippen LogP contribution >= 0.6 is 22.9 Å². The second kappa shape index (κ2) is 6.39. The van der Waals surface area contributed by atoms with Crippen molar-refractivity contribution in [1.82, 2.24) is 0 Å². The van der Waals surface area contributed by atoms with Crippen LogP contribution in [0.5, 0.6) is 0 Å². The lowest BCUT2D eigenvalue weighted by atomic mass is 9.87. The minimum Gasteiger partial charge on any atom is -0.207 e. The highest BCUT2D eigenvalue weighted by molar-refractivity contribution is 7.16. The summed E-state index contributed by atoms with van der Waals surface area (Å²) in [6.07, 6.45) is 0. The standard InChI is InChI=1S/C21H14ClFS/c22-20-13-12-19(24-20)21(15-8-10-16(23)11-9-15)18-7-3-5-14-4-1-2-6-17(14)18/h1-13,21H. The van der Waals surface area contributed by atoms with Gasteiger partial charge in [-0.1, -0.05) is 66.2 Å². The Hall–Kier alpha value is -2.16. The third-order valence-electron chi connectivity index (χ3n) is 4.22. The van der Waals surface area contributed by atoms with E-state index in [2.05, 4.69) is 42.5 Å². The van der Waals surface area contributed by atoms with Gasteiger partial charge in [0.2, 0.25) is 0 Å². The first kappa shape index (κ1) is 15.4. The first-order chi connectivity index (χ1) is 11.7. The number of hydrogen-bond acceptors (Lipinski definition) is 1. The molecule has 3 aromatic carbocycles. The van der Waals surface area contributed by atoms with Crippen LogP contribution in [0.25, 0.3) is 10.8 Å². The molecule has 1 aromatic heterocycles. The SMILES string of the molecule is Fc1ccc(C(c2ccc(Cl)s2)c2cccc3ccccc23)cc1. The Morgan fingerprint density at radius 3 is 2.29 bits per heavy atom. The maximum atomic E-state index is 13.4. The summed E-state index contributed by atoms with van der Waals surface area (Å²) in [5.74, 6) is -0.186. The molecule has 0 fully saturated rings. The summed E-state index contributed by atoms with van der Waals surface area (Å²) >= 11 is 7.75. The van der Waals surface area contributed by atoms with E-state index >= 15 is 0 Å². The molecule has 3 heteroatoms. The lowest BCUT2D eigenvalue weighted by molar-refractivity contribution is 0.627. The van der Waals surface area contributed by atoms with E-state index in [1.165, 1.54) is 28.5 Å². The molecular formula is C21H14ClFS. The van der Waals surface area contributed by atoms with E-state index in [0.717, 1.165) is 14.8 Å². The van der Waals surface area contributed by atoms with Crippen molar-refractivity contribution in [3.8, 4) is 0 Å². The molecule has 0 radical (unpaired) electrons. The second-order valence-electron chi connectivity index (χ2n) is 5.69. The number of halogens is 2. The quantitative estimate of drug-likeness (QED) is 0.377. The number of fused-ring (bicyclic) bond motifs is 1. The molecule has 0 N–H and O–H groups in total. The van der Waals surface area contributed by atoms with E-state index in [-0.39, 0.29) is 11.7 Å². The maximum Gasteiger partial charge on any atom is 0.123 e. The highest BCUT2D eigenvalue weighted by Gasteiger charge is 2.20. The number of hydrogen-bond donors (Lipinski definition) is 0. The van der Waals surface area contributed by atoms with Crippen molar-refractivity contribution < 1.29 is 4.39 Å². The predicted octanol–water partition coefficient (Wildman–Crippen LogP) is 6.87. The topological polar surface area (TPSA) is 0 Å². The molecule has 0 aliphatic carbocycles. The van der Waals surface area contributed by atoms with Gasteiger partial charge in [-0.05, 0) is 46.2 Å². The van der Waals surface area contributed by atoms with Crippen LogP contribution in [0.2, 0.25) is 4.34 Å². The minimum atomic E-state index is -0.223. The zero-order valence-corrected chi connectivity index (χ0v) is 14.3. The molecule has 0 spiro atoms. The van der Waals surface area contributed by atoms with Crippen LogP contribution in [0.1, 0.15) is 21.9 Å². The zero-order valence-electron chi connectivity index (χ0n) is 12.7. The molecule has 0 aliphatic rings. The Balaban J connectivity index is 1.96. The monoisotopic (exact) mass is 352 g/mol. The summed E-state index contributed by atoms with van der Waals surface area (Å²) in [4.78, 5) is 1.16. The summed E-state index contributed by atoms with van der Waals surface area (Å²) in [6.45, 7) is 0. The fraction of sp³-hybridized carbons (Fsp3) is 0.0476. The van der Waals surface area contributed by atoms with E-state index < -0.39 is 0 Å². The van der Waals surface area contributed by atoms with Crippen LogP contribution < -0.4 is 0 Å². The molecule has 1 atom stereocenters. The molecule has 0 saturated heterocycles. The van der Waals surface area contributed by atoms with Crippen molar-refractivity contribution in [3.05, 3.63) is 105 Å². The van der Waals surface area contributed by atoms with Crippen LogP contribution in [0, 0.1) is 5.82 Å². The lowest BCUT2D eigenvalue weighted by Crippen LogP contribution is -2.02. The fourth-order valence-corrected chi connectivity index (χ4v) is 4.35. The van der Waals surface area contributed by atoms with E-state index in [1.54, 1.807) is 11.3 Å². The van der Waals surface area contributed by atoms with Crippen molar-refractivity contribution in [1.29, 1.82) is 0 Å². The molecular weight excluding hydrogens is 339 g/mol. The van der Waals surface area contributed by atoms with E-state index in [4.69, 9.17) is 11.6 Å². The van der Waals surface area contributed by atoms with Crippen molar-refractivity contribution in [2.75, 3.05) is 0 Å². The van der Waals surface area contributed by atoms with E-state index in [9.17, 15) is 4.39 Å². The summed E-state index contributed by atoms with van der Waals surface area (Å²) in [7, 11) is 0. The van der Waals surface area contributed by atoms with Crippen molar-refractivity contribution >= 4 is 33.7 Å². The maximum absolute atomic E-state index is 13.4. The van der Waals surface area contributed by atoms with Crippen LogP contribution in [-0.2, 0) is 0 Å². The molecule has 0 saturated carbocycles. The van der Waals surface area contributed by atoms with Crippen molar-refractivity contribution in [2.45, 2.75) is 5.92 Å². The highest BCUT2D eigenvalue weighted by Crippen LogP contribution is 2.40. The van der Waals surface area contributed by atoms with Gasteiger partial charge in [0.1, 0.15) is 5.82 Å². The summed E-state index contributed by atoms with van der Waals surface area (Å²) in [5.41, 5.74) is 2.27. The molecule has 1 unspecified atom stereocenters. The molecule has 4 aromatic rings. The van der Waals surface area contributed by atoms with Crippen LogP contribution in [-0.4, -0.2) is 0 Å². The first-order valence-corrected chi connectivity index (χ1v) is 8.90. The Bertz CT molecular complexity index is 983. The predicted molar refractivity (Wildman–Crippen MR) is 101 cm³/mol. The van der Waals surface area contributed by atoms with Gasteiger partial charge in [0.05, 0.1) is 4.34 Å². The zero-order chi connectivity index (χ0) is 16.5. The van der Waals surface area contributed by atoms with Gasteiger partial charge in [0.25, 0.3) is 0 Å². The van der Waals surface area contributed by atoms with Gasteiger partial charge < -0.3 is 0 Å². The Morgan fingerprint density at radius 1 is 0.792 bits per heavy atom. The van der Waals surface area contributed by atoms with Gasteiger partial charge in [0, 0.05) is 10.8 Å². The third kappa shape index (κ3) is 2.83. The molecule has 0 nitrogen and oxygen atoms in total. The Kier molecular flexibility index (Phi) is 4.09. The summed E-state index contributed by atoms with van der Waals surface area (Å²) < 4.78 is 14.2. The van der Waals surface area contributed by atoms with Crippen LogP contribution in [0.3, 0.4) is 0 Å². The smallest absolute Gasteiger partial charge is 0.123 e. The molecule has 118 valence electrons. The van der Waals surface area contributed by atoms with Gasteiger partial charge >= 0.3 is 0 Å². The fourth-order valence-electron chi connectivity index (χ4n) is 3.14. The molecule has 24 heavy (non-hydrogen) atoms. The van der Waals surface area contributed by atoms with Gasteiger partial charge in [-0.2, -0.15) is 0 Å². The molecule has 0 aliphatic heterocycles. The molecule has 1 heterocycles. The molecule has 0 amide bonds. The van der Waals surface area contributed by atoms with E-state index in [0.29, 0.717) is 0 Å². The average molecular weight is 353 g/mol. The Labute approximate surface area is 149 Å². The van der Waals surface area contributed by atoms with Gasteiger partial charge in [-0.15, -0.1) is 11.3 Å². The summed E-state index contributed by atoms with van der Waals surface area (Å²) in [5, 5.41) is 2.41. The van der Waals surface area contributed by atoms with Gasteiger partial charge in [0.15, 0.2) is 0 Å². The number of benzene rings is 3. The third-order valence-corrected chi connectivity index (χ3v) is 5.51. The number of thiophene rings is 1. The van der Waals surface area contributed by atoms with Crippen LogP contribution in [0.4, 0.5) is 4.39 Å². The average Bonchev–Trinajstić information content (AvgIpc) is 3.03. The summed E-state index contributed by atoms with van der Waals surface area (Å²) in [6, 6.07) is 25.4. The highest BCUT2D eigenvalue weighted by atomic mass is 35.5. The molecule has 0 bridgehead atoms. The largest absolute Gasteiger partial charge is 0.207 e. The normalized spacial score (nSPS) is 12.4. The lowest BCUT2D eigenvalue weighted by Gasteiger charge is -2.19. The van der Waals surface area contributed by atoms with Crippen molar-refractivity contribution in [2.24, 2.45) is 0 Å². The Morgan fingerprint density at radius 2 is 1.54 bits per heavy atom. The van der Waals surface area contributed by atoms with Crippen LogP contribution in [0.15, 0.2) is 78.9 Å². The second-order valence-corrected chi connectivity index (χ2v) is 7.44. The first-order valence-electron chi connectivity index (χ1n) is 7.71. The minimum absolute atomic E-state index is 0.0363.